The van der Waals surface area contributed by atoms with Gasteiger partial charge in [0.1, 0.15) is 16.8 Å². The van der Waals surface area contributed by atoms with E-state index in [0.29, 0.717) is 24.4 Å². The summed E-state index contributed by atoms with van der Waals surface area (Å²) in [6.45, 7) is 1.45. The lowest BCUT2D eigenvalue weighted by Crippen LogP contribution is -2.23. The summed E-state index contributed by atoms with van der Waals surface area (Å²) in [6, 6.07) is 9.44. The number of rotatable bonds is 2. The Hall–Kier alpha value is -3.08. The van der Waals surface area contributed by atoms with E-state index >= 15 is 0 Å². The van der Waals surface area contributed by atoms with Crippen molar-refractivity contribution in [3.63, 3.8) is 0 Å². The second-order valence-electron chi connectivity index (χ2n) is 6.19. The molecule has 1 aliphatic rings. The third kappa shape index (κ3) is 2.99. The molecule has 1 aromatic carbocycles. The number of ether oxygens (including phenoxy) is 1. The molecular weight excluding hydrogens is 366 g/mol. The van der Waals surface area contributed by atoms with E-state index < -0.39 is 0 Å². The maximum atomic E-state index is 12.6. The monoisotopic (exact) mass is 381 g/mol. The van der Waals surface area contributed by atoms with E-state index in [1.165, 1.54) is 0 Å². The van der Waals surface area contributed by atoms with Crippen LogP contribution in [-0.2, 0) is 18.4 Å². The average molecular weight is 382 g/mol. The molecule has 7 nitrogen and oxygen atoms in total. The molecule has 0 amide bonds. The van der Waals surface area contributed by atoms with Gasteiger partial charge in [-0.05, 0) is 24.3 Å². The molecule has 0 fully saturated rings. The van der Waals surface area contributed by atoms with Gasteiger partial charge in [0, 0.05) is 30.9 Å². The molecule has 1 aliphatic heterocycles. The lowest BCUT2D eigenvalue weighted by atomic mass is 10.1. The van der Waals surface area contributed by atoms with Crippen LogP contribution in [-0.4, -0.2) is 22.7 Å². The first-order chi connectivity index (χ1) is 13.1. The third-order valence-corrected chi connectivity index (χ3v) is 4.87. The normalized spacial score (nSPS) is 13.4. The predicted molar refractivity (Wildman–Crippen MR) is 105 cm³/mol. The zero-order valence-electron chi connectivity index (χ0n) is 14.5. The van der Waals surface area contributed by atoms with Crippen LogP contribution < -0.4 is 16.2 Å². The number of aryl methyl sites for hydroxylation is 1. The van der Waals surface area contributed by atoms with E-state index in [2.05, 4.69) is 21.7 Å². The Morgan fingerprint density at radius 1 is 1.41 bits per heavy atom. The van der Waals surface area contributed by atoms with Crippen LogP contribution in [0, 0.1) is 11.3 Å². The van der Waals surface area contributed by atoms with Gasteiger partial charge in [-0.1, -0.05) is 11.6 Å². The highest BCUT2D eigenvalue weighted by Crippen LogP contribution is 2.31. The standard InChI is InChI=1S/C19H16ClN5O2/c1-25-16-3-2-11(24-15-4-5-23-18(20)13(15)9-21)8-12(16)17-14(19(25)26)10-27-7-6-22-17/h2-5,8,22H,6-7,10H2,1H3,(H,23,24). The Balaban J connectivity index is 1.87. The Labute approximate surface area is 160 Å². The van der Waals surface area contributed by atoms with Gasteiger partial charge in [-0.3, -0.25) is 4.79 Å². The zero-order valence-corrected chi connectivity index (χ0v) is 15.3. The number of nitrogens with one attached hydrogen (secondary N) is 2. The van der Waals surface area contributed by atoms with Crippen molar-refractivity contribution in [3.8, 4) is 6.07 Å². The summed E-state index contributed by atoms with van der Waals surface area (Å²) in [5.41, 5.74) is 3.78. The maximum Gasteiger partial charge on any atom is 0.258 e. The molecule has 3 aromatic rings. The Kier molecular flexibility index (Phi) is 4.44. The Bertz CT molecular complexity index is 1150. The summed E-state index contributed by atoms with van der Waals surface area (Å²) in [5, 5.41) is 16.9. The molecule has 27 heavy (non-hydrogen) atoms. The fraction of sp³-hybridized carbons (Fsp3) is 0.211. The van der Waals surface area contributed by atoms with Gasteiger partial charge in [-0.2, -0.15) is 5.26 Å². The van der Waals surface area contributed by atoms with Crippen molar-refractivity contribution < 1.29 is 4.74 Å². The number of anilines is 3. The molecule has 0 aliphatic carbocycles. The van der Waals surface area contributed by atoms with Crippen LogP contribution in [0.1, 0.15) is 11.1 Å². The summed E-state index contributed by atoms with van der Waals surface area (Å²) < 4.78 is 7.15. The predicted octanol–water partition coefficient (Wildman–Crippen LogP) is 3.14. The number of hydrogen-bond donors (Lipinski definition) is 2. The molecule has 2 aromatic heterocycles. The minimum atomic E-state index is -0.0692. The van der Waals surface area contributed by atoms with Crippen molar-refractivity contribution in [1.29, 1.82) is 5.26 Å². The number of benzene rings is 1. The maximum absolute atomic E-state index is 12.6. The van der Waals surface area contributed by atoms with E-state index in [0.717, 1.165) is 22.3 Å². The smallest absolute Gasteiger partial charge is 0.258 e. The van der Waals surface area contributed by atoms with E-state index in [4.69, 9.17) is 16.3 Å². The van der Waals surface area contributed by atoms with Crippen LogP contribution in [0.3, 0.4) is 0 Å². The minimum Gasteiger partial charge on any atom is -0.382 e. The molecule has 0 unspecified atom stereocenters. The summed E-state index contributed by atoms with van der Waals surface area (Å²) in [5.74, 6) is 0. The summed E-state index contributed by atoms with van der Waals surface area (Å²) in [6.07, 6.45) is 1.54. The van der Waals surface area contributed by atoms with Gasteiger partial charge in [0.2, 0.25) is 0 Å². The highest BCUT2D eigenvalue weighted by Gasteiger charge is 2.18. The molecule has 136 valence electrons. The van der Waals surface area contributed by atoms with Crippen molar-refractivity contribution in [3.05, 3.63) is 57.1 Å². The second-order valence-corrected chi connectivity index (χ2v) is 6.55. The fourth-order valence-corrected chi connectivity index (χ4v) is 3.45. The van der Waals surface area contributed by atoms with E-state index in [9.17, 15) is 10.1 Å². The van der Waals surface area contributed by atoms with Gasteiger partial charge in [0.25, 0.3) is 5.56 Å². The number of nitrogens with zero attached hydrogens (tertiary/aromatic N) is 3. The lowest BCUT2D eigenvalue weighted by molar-refractivity contribution is 0.134. The number of fused-ring (bicyclic) bond motifs is 3. The van der Waals surface area contributed by atoms with Crippen LogP contribution in [0.5, 0.6) is 0 Å². The number of hydrogen-bond acceptors (Lipinski definition) is 6. The highest BCUT2D eigenvalue weighted by atomic mass is 35.5. The SMILES string of the molecule is Cn1c(=O)c2c(c3cc(Nc4ccnc(Cl)c4C#N)ccc31)NCCOC2. The number of aromatic nitrogens is 2. The van der Waals surface area contributed by atoms with Crippen molar-refractivity contribution >= 4 is 39.6 Å². The van der Waals surface area contributed by atoms with Gasteiger partial charge >= 0.3 is 0 Å². The molecule has 3 heterocycles. The summed E-state index contributed by atoms with van der Waals surface area (Å²) >= 11 is 6.01. The highest BCUT2D eigenvalue weighted by molar-refractivity contribution is 6.31. The summed E-state index contributed by atoms with van der Waals surface area (Å²) in [7, 11) is 1.75. The number of pyridine rings is 2. The van der Waals surface area contributed by atoms with Crippen LogP contribution in [0.2, 0.25) is 5.15 Å². The van der Waals surface area contributed by atoms with Crippen LogP contribution in [0.15, 0.2) is 35.3 Å². The van der Waals surface area contributed by atoms with Crippen molar-refractivity contribution in [2.75, 3.05) is 23.8 Å². The fourth-order valence-electron chi connectivity index (χ4n) is 3.25. The van der Waals surface area contributed by atoms with Gasteiger partial charge < -0.3 is 19.9 Å². The van der Waals surface area contributed by atoms with Crippen LogP contribution in [0.4, 0.5) is 17.1 Å². The Morgan fingerprint density at radius 3 is 3.07 bits per heavy atom. The van der Waals surface area contributed by atoms with Crippen molar-refractivity contribution in [1.82, 2.24) is 9.55 Å². The molecule has 0 saturated heterocycles. The van der Waals surface area contributed by atoms with E-state index in [1.54, 1.807) is 23.9 Å². The average Bonchev–Trinajstić information content (AvgIpc) is 2.93. The molecule has 8 heteroatoms. The molecule has 0 saturated carbocycles. The largest absolute Gasteiger partial charge is 0.382 e. The molecule has 2 N–H and O–H groups in total. The molecule has 0 radical (unpaired) electrons. The number of halogens is 1. The molecule has 0 spiro atoms. The molecular formula is C19H16ClN5O2. The quantitative estimate of drug-likeness (QED) is 0.662. The van der Waals surface area contributed by atoms with Crippen molar-refractivity contribution in [2.45, 2.75) is 6.61 Å². The van der Waals surface area contributed by atoms with Gasteiger partial charge in [-0.15, -0.1) is 0 Å². The van der Waals surface area contributed by atoms with Crippen LogP contribution in [0.25, 0.3) is 10.9 Å². The first kappa shape index (κ1) is 17.3. The number of nitriles is 1. The van der Waals surface area contributed by atoms with Gasteiger partial charge in [-0.25, -0.2) is 4.98 Å². The van der Waals surface area contributed by atoms with Gasteiger partial charge in [0.15, 0.2) is 0 Å². The first-order valence-corrected chi connectivity index (χ1v) is 8.77. The summed E-state index contributed by atoms with van der Waals surface area (Å²) in [4.78, 5) is 16.6. The first-order valence-electron chi connectivity index (χ1n) is 8.39. The molecule has 0 atom stereocenters. The topological polar surface area (TPSA) is 92.0 Å². The minimum absolute atomic E-state index is 0.0692. The van der Waals surface area contributed by atoms with Crippen molar-refractivity contribution in [2.24, 2.45) is 7.05 Å². The van der Waals surface area contributed by atoms with Crippen LogP contribution >= 0.6 is 11.6 Å². The van der Waals surface area contributed by atoms with Gasteiger partial charge in [0.05, 0.1) is 35.7 Å². The Morgan fingerprint density at radius 2 is 2.26 bits per heavy atom. The molecule has 4 rings (SSSR count). The lowest BCUT2D eigenvalue weighted by Gasteiger charge is -2.16. The zero-order chi connectivity index (χ0) is 19.0. The van der Waals surface area contributed by atoms with E-state index in [1.807, 2.05) is 18.2 Å². The molecule has 0 bridgehead atoms. The third-order valence-electron chi connectivity index (χ3n) is 4.58. The second kappa shape index (κ2) is 6.91. The van der Waals surface area contributed by atoms with E-state index in [-0.39, 0.29) is 22.9 Å².